The summed E-state index contributed by atoms with van der Waals surface area (Å²) in [6.07, 6.45) is 8.02. The molecule has 0 fully saturated rings. The Bertz CT molecular complexity index is 1270. The van der Waals surface area contributed by atoms with E-state index in [1.165, 1.54) is 18.2 Å². The van der Waals surface area contributed by atoms with Crippen molar-refractivity contribution in [1.29, 1.82) is 0 Å². The van der Waals surface area contributed by atoms with E-state index in [2.05, 4.69) is 15.4 Å². The number of phenols is 1. The molecule has 8 heteroatoms. The van der Waals surface area contributed by atoms with Crippen molar-refractivity contribution in [2.24, 2.45) is 0 Å². The van der Waals surface area contributed by atoms with E-state index >= 15 is 0 Å². The molecular weight excluding hydrogens is 420 g/mol. The number of pyridine rings is 1. The maximum Gasteiger partial charge on any atom is 0.331 e. The fourth-order valence-corrected chi connectivity index (χ4v) is 3.03. The maximum atomic E-state index is 12.2. The Morgan fingerprint density at radius 2 is 1.82 bits per heavy atom. The fraction of sp³-hybridized carbons (Fsp3) is 0.0400. The number of hydrogen-bond acceptors (Lipinski definition) is 6. The van der Waals surface area contributed by atoms with Crippen LogP contribution in [0.4, 0.5) is 5.69 Å². The lowest BCUT2D eigenvalue weighted by molar-refractivity contribution is -0.142. The summed E-state index contributed by atoms with van der Waals surface area (Å²) in [5, 5.41) is 16.5. The lowest BCUT2D eigenvalue weighted by atomic mass is 10.1. The first-order valence-corrected chi connectivity index (χ1v) is 10.1. The SMILES string of the molecule is O=C(COC(=O)/C=C/c1cn(-c2ccccc2)nc1-c1cccnc1)Nc1ccc(O)cc1. The van der Waals surface area contributed by atoms with Crippen molar-refractivity contribution < 1.29 is 19.4 Å². The van der Waals surface area contributed by atoms with Crippen LogP contribution in [0.2, 0.25) is 0 Å². The molecule has 0 saturated heterocycles. The van der Waals surface area contributed by atoms with Crippen LogP contribution in [0.5, 0.6) is 5.75 Å². The second-order valence-electron chi connectivity index (χ2n) is 6.99. The largest absolute Gasteiger partial charge is 0.508 e. The first kappa shape index (κ1) is 21.5. The van der Waals surface area contributed by atoms with Gasteiger partial charge in [-0.05, 0) is 54.6 Å². The second-order valence-corrected chi connectivity index (χ2v) is 6.99. The third-order valence-corrected chi connectivity index (χ3v) is 4.59. The number of anilines is 1. The zero-order valence-electron chi connectivity index (χ0n) is 17.5. The van der Waals surface area contributed by atoms with Crippen LogP contribution in [-0.4, -0.2) is 38.4 Å². The number of phenolic OH excluding ortho intramolecular Hbond substituents is 1. The number of aromatic nitrogens is 3. The van der Waals surface area contributed by atoms with Crippen LogP contribution in [0.15, 0.2) is 91.4 Å². The van der Waals surface area contributed by atoms with Crippen LogP contribution in [-0.2, 0) is 14.3 Å². The lowest BCUT2D eigenvalue weighted by Crippen LogP contribution is -2.20. The van der Waals surface area contributed by atoms with E-state index < -0.39 is 18.5 Å². The third kappa shape index (κ3) is 5.71. The molecule has 2 aromatic carbocycles. The molecule has 0 spiro atoms. The van der Waals surface area contributed by atoms with Crippen LogP contribution >= 0.6 is 0 Å². The molecule has 0 radical (unpaired) electrons. The number of esters is 1. The predicted molar refractivity (Wildman–Crippen MR) is 124 cm³/mol. The summed E-state index contributed by atoms with van der Waals surface area (Å²) in [5.74, 6) is -1.07. The Hall–Kier alpha value is -4.72. The minimum Gasteiger partial charge on any atom is -0.508 e. The van der Waals surface area contributed by atoms with Crippen LogP contribution in [0, 0.1) is 0 Å². The van der Waals surface area contributed by atoms with Gasteiger partial charge in [0.2, 0.25) is 0 Å². The summed E-state index contributed by atoms with van der Waals surface area (Å²) in [6, 6.07) is 19.3. The summed E-state index contributed by atoms with van der Waals surface area (Å²) in [6.45, 7) is -0.442. The summed E-state index contributed by atoms with van der Waals surface area (Å²) < 4.78 is 6.75. The van der Waals surface area contributed by atoms with Crippen molar-refractivity contribution >= 4 is 23.6 Å². The average Bonchev–Trinajstić information content (AvgIpc) is 3.28. The van der Waals surface area contributed by atoms with Gasteiger partial charge in [-0.2, -0.15) is 5.10 Å². The van der Waals surface area contributed by atoms with Gasteiger partial charge in [-0.3, -0.25) is 9.78 Å². The van der Waals surface area contributed by atoms with Crippen molar-refractivity contribution in [2.45, 2.75) is 0 Å². The molecule has 2 heterocycles. The molecule has 164 valence electrons. The summed E-state index contributed by atoms with van der Waals surface area (Å²) in [7, 11) is 0. The van der Waals surface area contributed by atoms with E-state index in [1.54, 1.807) is 41.5 Å². The van der Waals surface area contributed by atoms with Gasteiger partial charge in [0.25, 0.3) is 5.91 Å². The highest BCUT2D eigenvalue weighted by Gasteiger charge is 2.12. The van der Waals surface area contributed by atoms with Crippen molar-refractivity contribution in [1.82, 2.24) is 14.8 Å². The smallest absolute Gasteiger partial charge is 0.331 e. The third-order valence-electron chi connectivity index (χ3n) is 4.59. The molecule has 4 rings (SSSR count). The second kappa shape index (κ2) is 10.1. The van der Waals surface area contributed by atoms with Crippen molar-refractivity contribution in [3.63, 3.8) is 0 Å². The quantitative estimate of drug-likeness (QED) is 0.257. The Morgan fingerprint density at radius 3 is 2.55 bits per heavy atom. The highest BCUT2D eigenvalue weighted by molar-refractivity contribution is 5.95. The molecule has 4 aromatic rings. The number of para-hydroxylation sites is 1. The fourth-order valence-electron chi connectivity index (χ4n) is 3.03. The zero-order chi connectivity index (χ0) is 23.0. The van der Waals surface area contributed by atoms with Gasteiger partial charge < -0.3 is 15.2 Å². The van der Waals surface area contributed by atoms with E-state index in [-0.39, 0.29) is 5.75 Å². The van der Waals surface area contributed by atoms with Crippen LogP contribution in [0.25, 0.3) is 23.0 Å². The van der Waals surface area contributed by atoms with Crippen LogP contribution < -0.4 is 5.32 Å². The van der Waals surface area contributed by atoms with Crippen LogP contribution in [0.1, 0.15) is 5.56 Å². The normalized spacial score (nSPS) is 10.8. The molecule has 0 aliphatic heterocycles. The van der Waals surface area contributed by atoms with Gasteiger partial charge >= 0.3 is 5.97 Å². The topological polar surface area (TPSA) is 106 Å². The molecule has 2 aromatic heterocycles. The number of carbonyl (C=O) groups excluding carboxylic acids is 2. The molecule has 33 heavy (non-hydrogen) atoms. The van der Waals surface area contributed by atoms with Gasteiger partial charge in [-0.25, -0.2) is 9.48 Å². The standard InChI is InChI=1S/C25H20N4O4/c30-22-11-9-20(10-12-22)27-23(31)17-33-24(32)13-8-19-16-29(21-6-2-1-3-7-21)28-25(19)18-5-4-14-26-15-18/h1-16,30H,17H2,(H,27,31)/b13-8+. The highest BCUT2D eigenvalue weighted by Crippen LogP contribution is 2.24. The molecule has 0 unspecified atom stereocenters. The summed E-state index contributed by atoms with van der Waals surface area (Å²) in [4.78, 5) is 28.3. The average molecular weight is 440 g/mol. The van der Waals surface area contributed by atoms with Crippen molar-refractivity contribution in [3.8, 4) is 22.7 Å². The number of rotatable bonds is 7. The first-order valence-electron chi connectivity index (χ1n) is 10.1. The molecule has 0 atom stereocenters. The Balaban J connectivity index is 1.45. The monoisotopic (exact) mass is 440 g/mol. The van der Waals surface area contributed by atoms with Gasteiger partial charge in [-0.1, -0.05) is 18.2 Å². The predicted octanol–water partition coefficient (Wildman–Crippen LogP) is 3.84. The van der Waals surface area contributed by atoms with Gasteiger partial charge in [0.05, 0.1) is 5.69 Å². The molecule has 1 amide bonds. The Labute approximate surface area is 189 Å². The number of hydrogen-bond donors (Lipinski definition) is 2. The summed E-state index contributed by atoms with van der Waals surface area (Å²) in [5.41, 5.74) is 3.50. The number of ether oxygens (including phenoxy) is 1. The Morgan fingerprint density at radius 1 is 1.03 bits per heavy atom. The van der Waals surface area contributed by atoms with Crippen molar-refractivity contribution in [2.75, 3.05) is 11.9 Å². The number of nitrogens with one attached hydrogen (secondary N) is 1. The summed E-state index contributed by atoms with van der Waals surface area (Å²) >= 11 is 0. The van der Waals surface area contributed by atoms with E-state index in [0.29, 0.717) is 16.9 Å². The molecule has 0 bridgehead atoms. The van der Waals surface area contributed by atoms with Gasteiger partial charge in [0.15, 0.2) is 6.61 Å². The zero-order valence-corrected chi connectivity index (χ0v) is 17.5. The molecule has 0 aliphatic carbocycles. The number of benzene rings is 2. The highest BCUT2D eigenvalue weighted by atomic mass is 16.5. The molecule has 0 saturated carbocycles. The molecule has 2 N–H and O–H groups in total. The van der Waals surface area contributed by atoms with E-state index in [0.717, 1.165) is 11.3 Å². The lowest BCUT2D eigenvalue weighted by Gasteiger charge is -2.05. The van der Waals surface area contributed by atoms with Gasteiger partial charge in [0, 0.05) is 41.5 Å². The number of carbonyl (C=O) groups is 2. The van der Waals surface area contributed by atoms with Gasteiger partial charge in [0.1, 0.15) is 11.4 Å². The van der Waals surface area contributed by atoms with E-state index in [9.17, 15) is 14.7 Å². The van der Waals surface area contributed by atoms with Gasteiger partial charge in [-0.15, -0.1) is 0 Å². The molecule has 8 nitrogen and oxygen atoms in total. The number of aromatic hydroxyl groups is 1. The van der Waals surface area contributed by atoms with Crippen molar-refractivity contribution in [3.05, 3.63) is 97.0 Å². The van der Waals surface area contributed by atoms with Crippen LogP contribution in [0.3, 0.4) is 0 Å². The van der Waals surface area contributed by atoms with E-state index in [4.69, 9.17) is 4.74 Å². The minimum absolute atomic E-state index is 0.0887. The van der Waals surface area contributed by atoms with E-state index in [1.807, 2.05) is 42.5 Å². The maximum absolute atomic E-state index is 12.2. The Kier molecular flexibility index (Phi) is 6.56. The molecular formula is C25H20N4O4. The first-order chi connectivity index (χ1) is 16.1. The minimum atomic E-state index is -0.666. The molecule has 0 aliphatic rings. The number of nitrogens with zero attached hydrogens (tertiary/aromatic N) is 3. The number of amides is 1.